The molecule has 0 N–H and O–H groups in total. The van der Waals surface area contributed by atoms with Gasteiger partial charge in [0.25, 0.3) is 0 Å². The number of carbonyl (C=O) groups excluding carboxylic acids is 1. The lowest BCUT2D eigenvalue weighted by Crippen LogP contribution is -2.28. The molecule has 106 valence electrons. The van der Waals surface area contributed by atoms with E-state index in [1.807, 2.05) is 42.5 Å². The second-order valence-corrected chi connectivity index (χ2v) is 5.18. The highest BCUT2D eigenvalue weighted by Gasteiger charge is 2.37. The zero-order valence-corrected chi connectivity index (χ0v) is 11.9. The number of carbonyl (C=O) groups is 1. The molecular weight excluding hydrogens is 267 g/mol. The van der Waals surface area contributed by atoms with E-state index in [2.05, 4.69) is 4.74 Å². The van der Waals surface area contributed by atoms with Crippen molar-refractivity contribution >= 4 is 27.5 Å². The maximum atomic E-state index is 14.9. The lowest BCUT2D eigenvalue weighted by atomic mass is 9.90. The Kier molecular flexibility index (Phi) is 3.13. The van der Waals surface area contributed by atoms with Gasteiger partial charge in [-0.1, -0.05) is 54.6 Å². The zero-order valence-electron chi connectivity index (χ0n) is 11.9. The average molecular weight is 282 g/mol. The standard InChI is InChI=1S/C18H15FO2/c1-18(19,17(20)21-2)16-9-5-8-14-13-7-4-3-6-12(13)10-11-15(14)16/h3-11H,1-2H3/t18-/m0/s1. The Hall–Kier alpha value is -2.42. The van der Waals surface area contributed by atoms with Crippen LogP contribution < -0.4 is 0 Å². The predicted octanol–water partition coefficient (Wildman–Crippen LogP) is 4.35. The minimum absolute atomic E-state index is 0.331. The zero-order chi connectivity index (χ0) is 15.0. The van der Waals surface area contributed by atoms with Gasteiger partial charge in [-0.2, -0.15) is 0 Å². The Morgan fingerprint density at radius 1 is 0.952 bits per heavy atom. The van der Waals surface area contributed by atoms with Crippen molar-refractivity contribution in [3.8, 4) is 0 Å². The van der Waals surface area contributed by atoms with Gasteiger partial charge in [-0.3, -0.25) is 0 Å². The van der Waals surface area contributed by atoms with Gasteiger partial charge >= 0.3 is 5.97 Å². The monoisotopic (exact) mass is 282 g/mol. The number of esters is 1. The molecule has 0 aliphatic rings. The van der Waals surface area contributed by atoms with E-state index >= 15 is 0 Å². The number of halogens is 1. The SMILES string of the molecule is COC(=O)[C@@](C)(F)c1cccc2c1ccc1ccccc12. The van der Waals surface area contributed by atoms with Crippen molar-refractivity contribution in [2.24, 2.45) is 0 Å². The first-order chi connectivity index (χ1) is 10.1. The third-order valence-corrected chi connectivity index (χ3v) is 3.86. The van der Waals surface area contributed by atoms with E-state index in [-0.39, 0.29) is 0 Å². The van der Waals surface area contributed by atoms with Gasteiger partial charge in [0.1, 0.15) is 0 Å². The summed E-state index contributed by atoms with van der Waals surface area (Å²) in [4.78, 5) is 11.7. The van der Waals surface area contributed by atoms with E-state index in [4.69, 9.17) is 0 Å². The van der Waals surface area contributed by atoms with Crippen LogP contribution in [0.4, 0.5) is 4.39 Å². The highest BCUT2D eigenvalue weighted by atomic mass is 19.1. The summed E-state index contributed by atoms with van der Waals surface area (Å²) < 4.78 is 19.5. The number of hydrogen-bond donors (Lipinski definition) is 0. The van der Waals surface area contributed by atoms with Gasteiger partial charge in [0, 0.05) is 5.56 Å². The molecule has 0 fully saturated rings. The molecule has 0 aliphatic carbocycles. The molecule has 3 rings (SSSR count). The average Bonchev–Trinajstić information content (AvgIpc) is 2.53. The smallest absolute Gasteiger partial charge is 0.348 e. The Balaban J connectivity index is 2.36. The van der Waals surface area contributed by atoms with E-state index in [1.165, 1.54) is 14.0 Å². The van der Waals surface area contributed by atoms with Crippen LogP contribution in [-0.2, 0) is 15.2 Å². The minimum atomic E-state index is -2.17. The highest BCUT2D eigenvalue weighted by Crippen LogP contribution is 2.35. The molecule has 0 spiro atoms. The van der Waals surface area contributed by atoms with Crippen molar-refractivity contribution in [2.75, 3.05) is 7.11 Å². The Labute approximate surface area is 122 Å². The third kappa shape index (κ3) is 2.05. The van der Waals surface area contributed by atoms with Crippen LogP contribution in [0, 0.1) is 0 Å². The van der Waals surface area contributed by atoms with Gasteiger partial charge < -0.3 is 4.74 Å². The summed E-state index contributed by atoms with van der Waals surface area (Å²) in [5, 5.41) is 3.78. The van der Waals surface area contributed by atoms with Gasteiger partial charge in [-0.05, 0) is 28.5 Å². The first kappa shape index (κ1) is 13.6. The minimum Gasteiger partial charge on any atom is -0.466 e. The molecule has 1 atom stereocenters. The van der Waals surface area contributed by atoms with Crippen LogP contribution in [0.1, 0.15) is 12.5 Å². The fourth-order valence-corrected chi connectivity index (χ4v) is 2.75. The summed E-state index contributed by atoms with van der Waals surface area (Å²) >= 11 is 0. The van der Waals surface area contributed by atoms with Crippen LogP contribution in [0.2, 0.25) is 0 Å². The molecule has 0 amide bonds. The van der Waals surface area contributed by atoms with Crippen molar-refractivity contribution in [1.29, 1.82) is 0 Å². The van der Waals surface area contributed by atoms with Crippen molar-refractivity contribution in [1.82, 2.24) is 0 Å². The van der Waals surface area contributed by atoms with Gasteiger partial charge in [0.05, 0.1) is 7.11 Å². The van der Waals surface area contributed by atoms with Crippen LogP contribution in [0.25, 0.3) is 21.5 Å². The molecule has 3 aromatic rings. The second-order valence-electron chi connectivity index (χ2n) is 5.18. The molecule has 0 bridgehead atoms. The normalized spacial score (nSPS) is 14.0. The number of hydrogen-bond acceptors (Lipinski definition) is 2. The van der Waals surface area contributed by atoms with Crippen LogP contribution >= 0.6 is 0 Å². The first-order valence-corrected chi connectivity index (χ1v) is 6.74. The van der Waals surface area contributed by atoms with E-state index in [9.17, 15) is 9.18 Å². The number of ether oxygens (including phenoxy) is 1. The first-order valence-electron chi connectivity index (χ1n) is 6.74. The molecule has 0 saturated heterocycles. The third-order valence-electron chi connectivity index (χ3n) is 3.86. The number of rotatable bonds is 2. The summed E-state index contributed by atoms with van der Waals surface area (Å²) in [6.07, 6.45) is 0. The topological polar surface area (TPSA) is 26.3 Å². The molecule has 0 aromatic heterocycles. The fourth-order valence-electron chi connectivity index (χ4n) is 2.75. The molecule has 0 heterocycles. The van der Waals surface area contributed by atoms with E-state index in [0.29, 0.717) is 5.56 Å². The van der Waals surface area contributed by atoms with Crippen molar-refractivity contribution in [3.05, 3.63) is 60.2 Å². The fraction of sp³-hybridized carbons (Fsp3) is 0.167. The summed E-state index contributed by atoms with van der Waals surface area (Å²) in [5.74, 6) is -0.886. The highest BCUT2D eigenvalue weighted by molar-refractivity contribution is 6.09. The van der Waals surface area contributed by atoms with E-state index < -0.39 is 11.6 Å². The molecule has 0 unspecified atom stereocenters. The number of benzene rings is 3. The molecule has 2 nitrogen and oxygen atoms in total. The lowest BCUT2D eigenvalue weighted by Gasteiger charge is -2.20. The second kappa shape index (κ2) is 4.85. The Morgan fingerprint density at radius 3 is 2.43 bits per heavy atom. The quantitative estimate of drug-likeness (QED) is 0.516. The molecular formula is C18H15FO2. The molecule has 3 heteroatoms. The van der Waals surface area contributed by atoms with Crippen LogP contribution in [0.15, 0.2) is 54.6 Å². The van der Waals surface area contributed by atoms with Gasteiger partial charge in [-0.15, -0.1) is 0 Å². The number of methoxy groups -OCH3 is 1. The van der Waals surface area contributed by atoms with Gasteiger partial charge in [0.2, 0.25) is 5.67 Å². The lowest BCUT2D eigenvalue weighted by molar-refractivity contribution is -0.154. The van der Waals surface area contributed by atoms with E-state index in [0.717, 1.165) is 21.5 Å². The predicted molar refractivity (Wildman–Crippen MR) is 81.9 cm³/mol. The largest absolute Gasteiger partial charge is 0.466 e. The maximum Gasteiger partial charge on any atom is 0.348 e. The van der Waals surface area contributed by atoms with Crippen molar-refractivity contribution in [3.63, 3.8) is 0 Å². The number of alkyl halides is 1. The molecule has 0 saturated carbocycles. The van der Waals surface area contributed by atoms with Crippen molar-refractivity contribution < 1.29 is 13.9 Å². The molecule has 0 radical (unpaired) electrons. The molecule has 0 aliphatic heterocycles. The van der Waals surface area contributed by atoms with Gasteiger partial charge in [0.15, 0.2) is 0 Å². The van der Waals surface area contributed by atoms with Crippen LogP contribution in [0.5, 0.6) is 0 Å². The Bertz CT molecular complexity index is 837. The molecule has 3 aromatic carbocycles. The summed E-state index contributed by atoms with van der Waals surface area (Å²) in [5.41, 5.74) is -1.84. The summed E-state index contributed by atoms with van der Waals surface area (Å²) in [6.45, 7) is 1.24. The van der Waals surface area contributed by atoms with Crippen LogP contribution in [-0.4, -0.2) is 13.1 Å². The maximum absolute atomic E-state index is 14.9. The van der Waals surface area contributed by atoms with Crippen molar-refractivity contribution in [2.45, 2.75) is 12.6 Å². The summed E-state index contributed by atoms with van der Waals surface area (Å²) in [6, 6.07) is 17.1. The summed E-state index contributed by atoms with van der Waals surface area (Å²) in [7, 11) is 1.20. The van der Waals surface area contributed by atoms with Gasteiger partial charge in [-0.25, -0.2) is 9.18 Å². The van der Waals surface area contributed by atoms with Crippen LogP contribution in [0.3, 0.4) is 0 Å². The van der Waals surface area contributed by atoms with E-state index in [1.54, 1.807) is 12.1 Å². The number of fused-ring (bicyclic) bond motifs is 3. The molecule has 21 heavy (non-hydrogen) atoms. The Morgan fingerprint density at radius 2 is 1.67 bits per heavy atom.